The quantitative estimate of drug-likeness (QED) is 0.693. The molecule has 1 amide bonds. The summed E-state index contributed by atoms with van der Waals surface area (Å²) < 4.78 is 38.6. The number of halogens is 3. The van der Waals surface area contributed by atoms with Crippen molar-refractivity contribution in [1.82, 2.24) is 15.5 Å². The van der Waals surface area contributed by atoms with E-state index in [1.165, 1.54) is 12.1 Å². The van der Waals surface area contributed by atoms with Gasteiger partial charge < -0.3 is 15.5 Å². The van der Waals surface area contributed by atoms with E-state index in [0.29, 0.717) is 12.2 Å². The maximum atomic E-state index is 12.9. The van der Waals surface area contributed by atoms with Crippen LogP contribution in [0.4, 0.5) is 18.9 Å². The van der Waals surface area contributed by atoms with Gasteiger partial charge in [0, 0.05) is 38.4 Å². The van der Waals surface area contributed by atoms with Crippen LogP contribution in [0.3, 0.4) is 0 Å². The number of hydrogen-bond donors (Lipinski definition) is 2. The van der Waals surface area contributed by atoms with Gasteiger partial charge in [0.05, 0.1) is 11.6 Å². The van der Waals surface area contributed by atoms with Gasteiger partial charge in [-0.15, -0.1) is 0 Å². The summed E-state index contributed by atoms with van der Waals surface area (Å²) in [7, 11) is 0. The van der Waals surface area contributed by atoms with Crippen molar-refractivity contribution >= 4 is 11.6 Å². The van der Waals surface area contributed by atoms with Crippen LogP contribution < -0.4 is 15.5 Å². The molecule has 2 heterocycles. The number of rotatable bonds is 7. The zero-order valence-corrected chi connectivity index (χ0v) is 16.1. The summed E-state index contributed by atoms with van der Waals surface area (Å²) in [4.78, 5) is 16.3. The fourth-order valence-electron chi connectivity index (χ4n) is 3.81. The number of benzene rings is 1. The smallest absolute Gasteiger partial charge is 0.369 e. The third-order valence-corrected chi connectivity index (χ3v) is 5.49. The lowest BCUT2D eigenvalue weighted by Gasteiger charge is -2.36. The lowest BCUT2D eigenvalue weighted by molar-refractivity contribution is -0.137. The zero-order chi connectivity index (χ0) is 20.0. The van der Waals surface area contributed by atoms with Crippen molar-refractivity contribution in [2.75, 3.05) is 50.7 Å². The van der Waals surface area contributed by atoms with Gasteiger partial charge in [-0.3, -0.25) is 9.69 Å². The van der Waals surface area contributed by atoms with Crippen molar-refractivity contribution in [1.29, 1.82) is 0 Å². The van der Waals surface area contributed by atoms with Crippen molar-refractivity contribution < 1.29 is 18.0 Å². The summed E-state index contributed by atoms with van der Waals surface area (Å²) in [6.45, 7) is 5.71. The van der Waals surface area contributed by atoms with E-state index in [1.54, 1.807) is 6.07 Å². The summed E-state index contributed by atoms with van der Waals surface area (Å²) in [5.74, 6) is 0.104. The Morgan fingerprint density at radius 3 is 2.64 bits per heavy atom. The van der Waals surface area contributed by atoms with Gasteiger partial charge >= 0.3 is 6.18 Å². The van der Waals surface area contributed by atoms with Crippen LogP contribution in [0.1, 0.15) is 31.2 Å². The predicted octanol–water partition coefficient (Wildman–Crippen LogP) is 2.48. The molecule has 156 valence electrons. The first kappa shape index (κ1) is 20.9. The Balaban J connectivity index is 1.33. The van der Waals surface area contributed by atoms with E-state index in [2.05, 4.69) is 15.5 Å². The Morgan fingerprint density at radius 1 is 1.18 bits per heavy atom. The number of unbranched alkanes of at least 4 members (excludes halogenated alkanes) is 1. The lowest BCUT2D eigenvalue weighted by Crippen LogP contribution is -2.46. The van der Waals surface area contributed by atoms with E-state index >= 15 is 0 Å². The molecule has 2 aliphatic rings. The second kappa shape index (κ2) is 9.60. The van der Waals surface area contributed by atoms with Crippen molar-refractivity contribution in [3.63, 3.8) is 0 Å². The molecular formula is C20H29F3N4O. The highest BCUT2D eigenvalue weighted by atomic mass is 19.4. The normalized spacial score (nSPS) is 21.1. The van der Waals surface area contributed by atoms with Crippen molar-refractivity contribution in [3.8, 4) is 0 Å². The molecule has 0 radical (unpaired) electrons. The minimum absolute atomic E-state index is 0.0241. The topological polar surface area (TPSA) is 47.6 Å². The first-order valence-corrected chi connectivity index (χ1v) is 10.1. The average Bonchev–Trinajstić information content (AvgIpc) is 3.22. The zero-order valence-electron chi connectivity index (χ0n) is 16.1. The molecule has 2 N–H and O–H groups in total. The molecule has 28 heavy (non-hydrogen) atoms. The molecule has 0 spiro atoms. The van der Waals surface area contributed by atoms with E-state index in [0.717, 1.165) is 71.0 Å². The molecule has 2 aliphatic heterocycles. The number of carbonyl (C=O) groups is 1. The van der Waals surface area contributed by atoms with E-state index in [9.17, 15) is 18.0 Å². The summed E-state index contributed by atoms with van der Waals surface area (Å²) in [5, 5.41) is 6.18. The summed E-state index contributed by atoms with van der Waals surface area (Å²) in [6.07, 6.45) is -0.387. The highest BCUT2D eigenvalue weighted by Gasteiger charge is 2.31. The second-order valence-corrected chi connectivity index (χ2v) is 7.52. The Labute approximate surface area is 164 Å². The monoisotopic (exact) mass is 398 g/mol. The van der Waals surface area contributed by atoms with E-state index < -0.39 is 11.7 Å². The molecule has 0 bridgehead atoms. The predicted molar refractivity (Wildman–Crippen MR) is 103 cm³/mol. The van der Waals surface area contributed by atoms with Gasteiger partial charge in [-0.05, 0) is 57.0 Å². The van der Waals surface area contributed by atoms with Crippen LogP contribution in [0, 0.1) is 0 Å². The van der Waals surface area contributed by atoms with Crippen LogP contribution in [0.5, 0.6) is 0 Å². The number of anilines is 1. The molecule has 2 saturated heterocycles. The minimum Gasteiger partial charge on any atom is -0.369 e. The first-order valence-electron chi connectivity index (χ1n) is 10.1. The van der Waals surface area contributed by atoms with E-state index in [1.807, 2.05) is 4.90 Å². The molecule has 1 aromatic carbocycles. The van der Waals surface area contributed by atoms with Gasteiger partial charge in [0.2, 0.25) is 5.91 Å². The highest BCUT2D eigenvalue weighted by molar-refractivity contribution is 5.81. The number of nitrogens with one attached hydrogen (secondary N) is 2. The Morgan fingerprint density at radius 2 is 1.96 bits per heavy atom. The molecule has 0 aromatic heterocycles. The first-order chi connectivity index (χ1) is 13.4. The van der Waals surface area contributed by atoms with Gasteiger partial charge in [-0.1, -0.05) is 6.07 Å². The molecule has 0 saturated carbocycles. The SMILES string of the molecule is O=C(NCCCCN1CCN(c2cccc(C(F)(F)F)c2)CC1)[C@@H]1CCCN1. The van der Waals surface area contributed by atoms with Crippen LogP contribution in [-0.2, 0) is 11.0 Å². The number of hydrogen-bond acceptors (Lipinski definition) is 4. The maximum Gasteiger partial charge on any atom is 0.416 e. The Kier molecular flexibility index (Phi) is 7.18. The molecule has 3 rings (SSSR count). The largest absolute Gasteiger partial charge is 0.416 e. The molecule has 8 heteroatoms. The van der Waals surface area contributed by atoms with E-state index in [-0.39, 0.29) is 11.9 Å². The Bertz CT molecular complexity index is 639. The number of nitrogens with zero attached hydrogens (tertiary/aromatic N) is 2. The number of alkyl halides is 3. The highest BCUT2D eigenvalue weighted by Crippen LogP contribution is 2.31. The van der Waals surface area contributed by atoms with Gasteiger partial charge in [0.15, 0.2) is 0 Å². The number of piperazine rings is 1. The fourth-order valence-corrected chi connectivity index (χ4v) is 3.81. The summed E-state index contributed by atoms with van der Waals surface area (Å²) in [5.41, 5.74) is 0.0417. The molecule has 2 fully saturated rings. The van der Waals surface area contributed by atoms with Gasteiger partial charge in [-0.2, -0.15) is 13.2 Å². The molecular weight excluding hydrogens is 369 g/mol. The number of carbonyl (C=O) groups excluding carboxylic acids is 1. The minimum atomic E-state index is -4.30. The van der Waals surface area contributed by atoms with E-state index in [4.69, 9.17) is 0 Å². The van der Waals surface area contributed by atoms with Crippen molar-refractivity contribution in [2.45, 2.75) is 37.9 Å². The van der Waals surface area contributed by atoms with Gasteiger partial charge in [-0.25, -0.2) is 0 Å². The molecule has 0 aliphatic carbocycles. The van der Waals surface area contributed by atoms with Crippen LogP contribution in [0.2, 0.25) is 0 Å². The van der Waals surface area contributed by atoms with Gasteiger partial charge in [0.1, 0.15) is 0 Å². The van der Waals surface area contributed by atoms with Crippen molar-refractivity contribution in [2.24, 2.45) is 0 Å². The maximum absolute atomic E-state index is 12.9. The molecule has 5 nitrogen and oxygen atoms in total. The number of amides is 1. The van der Waals surface area contributed by atoms with Crippen molar-refractivity contribution in [3.05, 3.63) is 29.8 Å². The second-order valence-electron chi connectivity index (χ2n) is 7.52. The average molecular weight is 398 g/mol. The standard InChI is InChI=1S/C20H29F3N4O/c21-20(22,23)16-5-3-6-17(15-16)27-13-11-26(12-14-27)10-2-1-8-25-19(28)18-7-4-9-24-18/h3,5-6,15,18,24H,1-2,4,7-14H2,(H,25,28)/t18-/m0/s1. The van der Waals surface area contributed by atoms with Gasteiger partial charge in [0.25, 0.3) is 0 Å². The third-order valence-electron chi connectivity index (χ3n) is 5.49. The molecule has 0 unspecified atom stereocenters. The summed E-state index contributed by atoms with van der Waals surface area (Å²) in [6, 6.07) is 5.54. The van der Waals surface area contributed by atoms with Crippen LogP contribution in [-0.4, -0.2) is 62.7 Å². The summed E-state index contributed by atoms with van der Waals surface area (Å²) >= 11 is 0. The lowest BCUT2D eigenvalue weighted by atomic mass is 10.1. The van der Waals surface area contributed by atoms with Crippen LogP contribution in [0.25, 0.3) is 0 Å². The fraction of sp³-hybridized carbons (Fsp3) is 0.650. The molecule has 1 aromatic rings. The molecule has 1 atom stereocenters. The Hall–Kier alpha value is -1.80. The van der Waals surface area contributed by atoms with Crippen LogP contribution >= 0.6 is 0 Å². The third kappa shape index (κ3) is 5.85. The van der Waals surface area contributed by atoms with Crippen LogP contribution in [0.15, 0.2) is 24.3 Å².